The number of esters is 2. The van der Waals surface area contributed by atoms with Crippen molar-refractivity contribution in [2.45, 2.75) is 20.1 Å². The molecule has 8 heteroatoms. The zero-order valence-electron chi connectivity index (χ0n) is 18.3. The van der Waals surface area contributed by atoms with Crippen LogP contribution in [-0.2, 0) is 27.4 Å². The van der Waals surface area contributed by atoms with Gasteiger partial charge in [0.25, 0.3) is 11.8 Å². The number of nitrogens with zero attached hydrogens (tertiary/aromatic N) is 1. The number of aromatic nitrogens is 1. The normalized spacial score (nSPS) is 12.6. The molecule has 4 aromatic rings. The van der Waals surface area contributed by atoms with Crippen LogP contribution >= 0.6 is 0 Å². The van der Waals surface area contributed by atoms with Crippen molar-refractivity contribution in [3.05, 3.63) is 82.9 Å². The summed E-state index contributed by atoms with van der Waals surface area (Å²) in [5.74, 6) is -2.44. The van der Waals surface area contributed by atoms with E-state index in [1.807, 2.05) is 48.5 Å². The Morgan fingerprint density at radius 2 is 1.59 bits per heavy atom. The van der Waals surface area contributed by atoms with E-state index in [-0.39, 0.29) is 36.4 Å². The van der Waals surface area contributed by atoms with Crippen LogP contribution in [0.4, 0.5) is 0 Å². The molecule has 0 fully saturated rings. The van der Waals surface area contributed by atoms with Crippen molar-refractivity contribution in [3.8, 4) is 0 Å². The van der Waals surface area contributed by atoms with Gasteiger partial charge in [0.05, 0.1) is 28.8 Å². The lowest BCUT2D eigenvalue weighted by atomic mass is 9.97. The van der Waals surface area contributed by atoms with Crippen LogP contribution in [0.3, 0.4) is 0 Å². The van der Waals surface area contributed by atoms with Crippen LogP contribution in [-0.4, -0.2) is 34.9 Å². The molecule has 0 spiro atoms. The molecule has 2 amide bonds. The molecule has 170 valence electrons. The van der Waals surface area contributed by atoms with Gasteiger partial charge in [0.1, 0.15) is 13.2 Å². The van der Waals surface area contributed by atoms with Crippen molar-refractivity contribution in [1.82, 2.24) is 9.88 Å². The van der Waals surface area contributed by atoms with Crippen LogP contribution in [0.5, 0.6) is 0 Å². The van der Waals surface area contributed by atoms with Gasteiger partial charge in [-0.3, -0.25) is 19.7 Å². The van der Waals surface area contributed by atoms with Crippen molar-refractivity contribution < 1.29 is 28.7 Å². The third-order valence-electron chi connectivity index (χ3n) is 5.77. The second-order valence-corrected chi connectivity index (χ2v) is 7.82. The molecular formula is C26H20N2O6. The van der Waals surface area contributed by atoms with E-state index in [1.54, 1.807) is 17.6 Å². The number of benzene rings is 3. The highest BCUT2D eigenvalue weighted by molar-refractivity contribution is 6.32. The standard InChI is InChI=1S/C26H20N2O6/c1-2-33-26(32)17-12-19-21(23-22(17)24(30)27-25(23)31)16-10-6-7-11-18(16)28(19)13-20(29)34-14-15-8-4-3-5-9-15/h3-12H,2,13-14H2,1H3,(H,27,30,31). The molecule has 0 aliphatic carbocycles. The summed E-state index contributed by atoms with van der Waals surface area (Å²) in [4.78, 5) is 50.8. The first-order chi connectivity index (χ1) is 16.5. The molecule has 2 heterocycles. The first-order valence-electron chi connectivity index (χ1n) is 10.8. The van der Waals surface area contributed by atoms with Crippen molar-refractivity contribution in [2.24, 2.45) is 0 Å². The molecular weight excluding hydrogens is 436 g/mol. The Hall–Kier alpha value is -4.46. The van der Waals surface area contributed by atoms with Crippen molar-refractivity contribution >= 4 is 45.6 Å². The largest absolute Gasteiger partial charge is 0.462 e. The number of hydrogen-bond acceptors (Lipinski definition) is 6. The number of carbonyl (C=O) groups excluding carboxylic acids is 4. The Morgan fingerprint density at radius 1 is 0.882 bits per heavy atom. The van der Waals surface area contributed by atoms with Gasteiger partial charge in [0, 0.05) is 16.3 Å². The number of fused-ring (bicyclic) bond motifs is 5. The third-order valence-corrected chi connectivity index (χ3v) is 5.77. The SMILES string of the molecule is CCOC(=O)c1cc2c(c3c1C(=O)NC3=O)c1ccccc1n2CC(=O)OCc1ccccc1. The van der Waals surface area contributed by atoms with Crippen LogP contribution in [0.2, 0.25) is 0 Å². The molecule has 0 atom stereocenters. The number of imide groups is 1. The van der Waals surface area contributed by atoms with E-state index in [1.165, 1.54) is 6.07 Å². The maximum Gasteiger partial charge on any atom is 0.339 e. The predicted octanol–water partition coefficient (Wildman–Crippen LogP) is 3.60. The molecule has 1 N–H and O–H groups in total. The Labute approximate surface area is 194 Å². The fourth-order valence-electron chi connectivity index (χ4n) is 4.35. The summed E-state index contributed by atoms with van der Waals surface area (Å²) in [6.07, 6.45) is 0. The number of ether oxygens (including phenoxy) is 2. The van der Waals surface area contributed by atoms with E-state index in [9.17, 15) is 19.2 Å². The lowest BCUT2D eigenvalue weighted by molar-refractivity contribution is -0.145. The van der Waals surface area contributed by atoms with Gasteiger partial charge in [-0.15, -0.1) is 0 Å². The Kier molecular flexibility index (Phi) is 5.33. The average Bonchev–Trinajstić information content (AvgIpc) is 3.31. The van der Waals surface area contributed by atoms with E-state index >= 15 is 0 Å². The van der Waals surface area contributed by atoms with Crippen molar-refractivity contribution in [2.75, 3.05) is 6.61 Å². The highest BCUT2D eigenvalue weighted by atomic mass is 16.5. The molecule has 0 bridgehead atoms. The van der Waals surface area contributed by atoms with Crippen LogP contribution in [0.25, 0.3) is 21.8 Å². The lowest BCUT2D eigenvalue weighted by Gasteiger charge is -2.11. The second kappa shape index (κ2) is 8.47. The highest BCUT2D eigenvalue weighted by Gasteiger charge is 2.36. The summed E-state index contributed by atoms with van der Waals surface area (Å²) in [5, 5.41) is 3.46. The minimum atomic E-state index is -0.714. The molecule has 1 aromatic heterocycles. The van der Waals surface area contributed by atoms with Crippen molar-refractivity contribution in [1.29, 1.82) is 0 Å². The van der Waals surface area contributed by atoms with Crippen LogP contribution in [0, 0.1) is 0 Å². The topological polar surface area (TPSA) is 104 Å². The lowest BCUT2D eigenvalue weighted by Crippen LogP contribution is -2.21. The van der Waals surface area contributed by atoms with Crippen molar-refractivity contribution in [3.63, 3.8) is 0 Å². The minimum Gasteiger partial charge on any atom is -0.462 e. The summed E-state index contributed by atoms with van der Waals surface area (Å²) in [5.41, 5.74) is 2.07. The third kappa shape index (κ3) is 3.49. The molecule has 0 unspecified atom stereocenters. The summed E-state index contributed by atoms with van der Waals surface area (Å²) in [6, 6.07) is 18.1. The van der Waals surface area contributed by atoms with E-state index in [0.29, 0.717) is 21.8 Å². The molecule has 1 aliphatic rings. The molecule has 0 saturated carbocycles. The monoisotopic (exact) mass is 456 g/mol. The Morgan fingerprint density at radius 3 is 2.35 bits per heavy atom. The van der Waals surface area contributed by atoms with E-state index in [0.717, 1.165) is 5.56 Å². The highest BCUT2D eigenvalue weighted by Crippen LogP contribution is 2.37. The molecule has 0 saturated heterocycles. The molecule has 1 aliphatic heterocycles. The van der Waals surface area contributed by atoms with Crippen LogP contribution in [0.1, 0.15) is 43.6 Å². The molecule has 0 radical (unpaired) electrons. The maximum absolute atomic E-state index is 12.8. The summed E-state index contributed by atoms with van der Waals surface area (Å²) in [6.45, 7) is 1.74. The Bertz CT molecular complexity index is 1490. The number of para-hydroxylation sites is 1. The molecule has 3 aromatic carbocycles. The summed E-state index contributed by atoms with van der Waals surface area (Å²) < 4.78 is 12.3. The van der Waals surface area contributed by atoms with Gasteiger partial charge in [-0.25, -0.2) is 4.79 Å². The van der Waals surface area contributed by atoms with E-state index in [4.69, 9.17) is 9.47 Å². The molecule has 34 heavy (non-hydrogen) atoms. The molecule has 5 rings (SSSR count). The minimum absolute atomic E-state index is 0.00879. The van der Waals surface area contributed by atoms with Gasteiger partial charge in [-0.1, -0.05) is 48.5 Å². The smallest absolute Gasteiger partial charge is 0.339 e. The number of amides is 2. The number of nitrogens with one attached hydrogen (secondary N) is 1. The van der Waals surface area contributed by atoms with Gasteiger partial charge in [0.2, 0.25) is 0 Å². The number of rotatable bonds is 6. The maximum atomic E-state index is 12.8. The fraction of sp³-hybridized carbons (Fsp3) is 0.154. The average molecular weight is 456 g/mol. The van der Waals surface area contributed by atoms with E-state index < -0.39 is 23.8 Å². The van der Waals surface area contributed by atoms with Gasteiger partial charge < -0.3 is 14.0 Å². The Balaban J connectivity index is 1.66. The van der Waals surface area contributed by atoms with Gasteiger partial charge in [-0.05, 0) is 24.6 Å². The molecule has 8 nitrogen and oxygen atoms in total. The second-order valence-electron chi connectivity index (χ2n) is 7.82. The van der Waals surface area contributed by atoms with Crippen LogP contribution in [0.15, 0.2) is 60.7 Å². The van der Waals surface area contributed by atoms with Gasteiger partial charge >= 0.3 is 11.9 Å². The fourth-order valence-corrected chi connectivity index (χ4v) is 4.35. The first-order valence-corrected chi connectivity index (χ1v) is 10.8. The summed E-state index contributed by atoms with van der Waals surface area (Å²) in [7, 11) is 0. The quantitative estimate of drug-likeness (QED) is 0.351. The first kappa shape index (κ1) is 21.4. The van der Waals surface area contributed by atoms with Gasteiger partial charge in [0.15, 0.2) is 0 Å². The predicted molar refractivity (Wildman–Crippen MR) is 123 cm³/mol. The zero-order chi connectivity index (χ0) is 23.8. The number of carbonyl (C=O) groups is 4. The number of hydrogen-bond donors (Lipinski definition) is 1. The van der Waals surface area contributed by atoms with E-state index in [2.05, 4.69) is 5.32 Å². The van der Waals surface area contributed by atoms with Gasteiger partial charge in [-0.2, -0.15) is 0 Å². The zero-order valence-corrected chi connectivity index (χ0v) is 18.3. The van der Waals surface area contributed by atoms with Crippen LogP contribution < -0.4 is 5.32 Å². The summed E-state index contributed by atoms with van der Waals surface area (Å²) >= 11 is 0.